The molecule has 0 aliphatic carbocycles. The third kappa shape index (κ3) is 6.49. The largest absolute Gasteiger partial charge is 0.345 e. The molecule has 51 heavy (non-hydrogen) atoms. The minimum absolute atomic E-state index is 0.0644. The monoisotopic (exact) mass is 741 g/mol. The summed E-state index contributed by atoms with van der Waals surface area (Å²) >= 11 is 6.16. The number of pyridine rings is 1. The molecular formula is C35H32ClN9O4S2. The molecule has 1 fully saturated rings. The van der Waals surface area contributed by atoms with Gasteiger partial charge in [-0.3, -0.25) is 9.71 Å². The van der Waals surface area contributed by atoms with Crippen LogP contribution in [0, 0.1) is 12.8 Å². The van der Waals surface area contributed by atoms with Gasteiger partial charge in [0, 0.05) is 31.4 Å². The third-order valence-electron chi connectivity index (χ3n) is 9.09. The number of hydrogen-bond acceptors (Lipinski definition) is 8. The minimum Gasteiger partial charge on any atom is -0.345 e. The van der Waals surface area contributed by atoms with Crippen LogP contribution in [-0.4, -0.2) is 69.1 Å². The second kappa shape index (κ2) is 12.9. The molecule has 16 heteroatoms. The van der Waals surface area contributed by atoms with E-state index < -0.39 is 20.0 Å². The van der Waals surface area contributed by atoms with E-state index in [4.69, 9.17) is 16.6 Å². The predicted octanol–water partition coefficient (Wildman–Crippen LogP) is 6.30. The van der Waals surface area contributed by atoms with E-state index in [1.165, 1.54) is 12.1 Å². The quantitative estimate of drug-likeness (QED) is 0.133. The lowest BCUT2D eigenvalue weighted by Gasteiger charge is -2.30. The van der Waals surface area contributed by atoms with Crippen LogP contribution in [0.3, 0.4) is 0 Å². The number of nitrogens with one attached hydrogen (secondary N) is 4. The lowest BCUT2D eigenvalue weighted by atomic mass is 9.94. The number of fused-ring (bicyclic) bond motifs is 2. The van der Waals surface area contributed by atoms with Crippen molar-refractivity contribution in [2.24, 2.45) is 5.92 Å². The van der Waals surface area contributed by atoms with Crippen LogP contribution in [0.15, 0.2) is 94.9 Å². The van der Waals surface area contributed by atoms with E-state index in [0.717, 1.165) is 11.5 Å². The Morgan fingerprint density at radius 3 is 2.20 bits per heavy atom. The number of H-pyrrole nitrogens is 3. The van der Waals surface area contributed by atoms with Crippen LogP contribution in [0.2, 0.25) is 5.02 Å². The first-order chi connectivity index (χ1) is 24.5. The highest BCUT2D eigenvalue weighted by molar-refractivity contribution is 7.92. The molecule has 4 N–H and O–H groups in total. The number of anilines is 1. The first-order valence-electron chi connectivity index (χ1n) is 16.3. The average molecular weight is 742 g/mol. The molecular weight excluding hydrogens is 710 g/mol. The fourth-order valence-electron chi connectivity index (χ4n) is 6.41. The Labute approximate surface area is 298 Å². The molecule has 260 valence electrons. The number of aromatic amines is 3. The fraction of sp³-hybridized carbons (Fsp3) is 0.200. The van der Waals surface area contributed by atoms with Crippen molar-refractivity contribution in [3.8, 4) is 23.0 Å². The van der Waals surface area contributed by atoms with Gasteiger partial charge in [-0.1, -0.05) is 29.8 Å². The number of imidazole rings is 3. The van der Waals surface area contributed by atoms with E-state index in [0.29, 0.717) is 88.2 Å². The maximum absolute atomic E-state index is 13.6. The number of nitrogens with zero attached hydrogens (tertiary/aromatic N) is 5. The fourth-order valence-corrected chi connectivity index (χ4v) is 9.26. The van der Waals surface area contributed by atoms with Gasteiger partial charge in [0.05, 0.1) is 42.6 Å². The maximum atomic E-state index is 13.6. The molecule has 0 unspecified atom stereocenters. The number of para-hydroxylation sites is 1. The van der Waals surface area contributed by atoms with E-state index in [2.05, 4.69) is 34.6 Å². The summed E-state index contributed by atoms with van der Waals surface area (Å²) in [5.74, 6) is 2.12. The standard InChI is InChI=1S/C35H32ClN9O4S2/c1-21-33(35-40-28-11-9-23(19-30(28)42-35)50(46,47)44-26-7-3-2-6-25(26)36)43-32(38-21)18-22-13-16-45(17-14-22)51(48,49)24-10-12-27-31(20-24)41-34(39-27)29-8-4-5-15-37-29/h2-12,15,19-20,22,44H,13-14,16-18H2,1H3,(H,38,43)(H,39,41)(H,40,42). The topological polar surface area (TPSA) is 182 Å². The molecule has 0 saturated carbocycles. The zero-order valence-electron chi connectivity index (χ0n) is 27.3. The van der Waals surface area contributed by atoms with Gasteiger partial charge in [0.25, 0.3) is 10.0 Å². The second-order valence-corrected chi connectivity index (χ2v) is 16.6. The van der Waals surface area contributed by atoms with Crippen molar-refractivity contribution in [1.82, 2.24) is 39.2 Å². The molecule has 1 aliphatic rings. The Morgan fingerprint density at radius 2 is 1.47 bits per heavy atom. The van der Waals surface area contributed by atoms with Gasteiger partial charge in [-0.15, -0.1) is 0 Å². The number of aryl methyl sites for hydroxylation is 1. The number of aromatic nitrogens is 7. The zero-order chi connectivity index (χ0) is 35.3. The SMILES string of the molecule is Cc1[nH]c(CC2CCN(S(=O)(=O)c3ccc4nc(-c5ccccn5)[nH]c4c3)CC2)nc1-c1nc2ccc(S(=O)(=O)Nc3ccccc3Cl)cc2[nH]1. The van der Waals surface area contributed by atoms with Gasteiger partial charge < -0.3 is 15.0 Å². The average Bonchev–Trinajstić information content (AvgIpc) is 3.85. The molecule has 13 nitrogen and oxygen atoms in total. The number of piperidine rings is 1. The van der Waals surface area contributed by atoms with Crippen molar-refractivity contribution in [3.05, 3.63) is 102 Å². The summed E-state index contributed by atoms with van der Waals surface area (Å²) in [6.45, 7) is 2.72. The number of halogens is 1. The molecule has 0 atom stereocenters. The molecule has 8 rings (SSSR count). The van der Waals surface area contributed by atoms with Gasteiger partial charge in [0.2, 0.25) is 10.0 Å². The second-order valence-electron chi connectivity index (χ2n) is 12.5. The number of hydrogen-bond donors (Lipinski definition) is 4. The van der Waals surface area contributed by atoms with Crippen LogP contribution in [0.4, 0.5) is 5.69 Å². The normalized spacial score (nSPS) is 14.8. The van der Waals surface area contributed by atoms with Gasteiger partial charge in [0.15, 0.2) is 11.6 Å². The number of rotatable bonds is 9. The lowest BCUT2D eigenvalue weighted by molar-refractivity contribution is 0.270. The Morgan fingerprint density at radius 1 is 0.804 bits per heavy atom. The van der Waals surface area contributed by atoms with Crippen LogP contribution in [0.5, 0.6) is 0 Å². The summed E-state index contributed by atoms with van der Waals surface area (Å²) in [5.41, 5.74) is 4.88. The van der Waals surface area contributed by atoms with Crippen molar-refractivity contribution in [2.45, 2.75) is 36.0 Å². The Kier molecular flexibility index (Phi) is 8.37. The van der Waals surface area contributed by atoms with Crippen molar-refractivity contribution >= 4 is 59.4 Å². The summed E-state index contributed by atoms with van der Waals surface area (Å²) < 4.78 is 57.5. The molecule has 3 aromatic carbocycles. The van der Waals surface area contributed by atoms with Crippen LogP contribution in [0.25, 0.3) is 45.1 Å². The van der Waals surface area contributed by atoms with Crippen LogP contribution >= 0.6 is 11.6 Å². The van der Waals surface area contributed by atoms with Gasteiger partial charge >= 0.3 is 0 Å². The van der Waals surface area contributed by atoms with E-state index in [-0.39, 0.29) is 15.7 Å². The summed E-state index contributed by atoms with van der Waals surface area (Å²) in [6.07, 6.45) is 3.72. The molecule has 0 amide bonds. The van der Waals surface area contributed by atoms with Crippen molar-refractivity contribution < 1.29 is 16.8 Å². The first-order valence-corrected chi connectivity index (χ1v) is 19.6. The molecule has 0 radical (unpaired) electrons. The summed E-state index contributed by atoms with van der Waals surface area (Å²) in [6, 6.07) is 21.8. The molecule has 5 heterocycles. The van der Waals surface area contributed by atoms with Crippen molar-refractivity contribution in [2.75, 3.05) is 17.8 Å². The Bertz CT molecular complexity index is 2630. The third-order valence-corrected chi connectivity index (χ3v) is 12.7. The summed E-state index contributed by atoms with van der Waals surface area (Å²) in [4.78, 5) is 28.5. The Balaban J connectivity index is 0.932. The van der Waals surface area contributed by atoms with E-state index >= 15 is 0 Å². The first kappa shape index (κ1) is 33.1. The van der Waals surface area contributed by atoms with Gasteiger partial charge in [-0.2, -0.15) is 4.31 Å². The van der Waals surface area contributed by atoms with Gasteiger partial charge in [-0.25, -0.2) is 31.8 Å². The van der Waals surface area contributed by atoms with E-state index in [1.54, 1.807) is 59.0 Å². The summed E-state index contributed by atoms with van der Waals surface area (Å²) in [7, 11) is -7.60. The minimum atomic E-state index is -3.90. The van der Waals surface area contributed by atoms with Crippen LogP contribution in [0.1, 0.15) is 24.4 Å². The molecule has 0 spiro atoms. The van der Waals surface area contributed by atoms with Gasteiger partial charge in [-0.05, 0) is 86.3 Å². The maximum Gasteiger partial charge on any atom is 0.262 e. The summed E-state index contributed by atoms with van der Waals surface area (Å²) in [5, 5.41) is 0.297. The van der Waals surface area contributed by atoms with Crippen molar-refractivity contribution in [3.63, 3.8) is 0 Å². The molecule has 0 bridgehead atoms. The molecule has 1 saturated heterocycles. The molecule has 1 aliphatic heterocycles. The predicted molar refractivity (Wildman–Crippen MR) is 195 cm³/mol. The van der Waals surface area contributed by atoms with Gasteiger partial charge in [0.1, 0.15) is 17.2 Å². The van der Waals surface area contributed by atoms with Crippen LogP contribution in [-0.2, 0) is 26.5 Å². The highest BCUT2D eigenvalue weighted by atomic mass is 35.5. The van der Waals surface area contributed by atoms with E-state index in [9.17, 15) is 16.8 Å². The Hall–Kier alpha value is -5.09. The lowest BCUT2D eigenvalue weighted by Crippen LogP contribution is -2.38. The van der Waals surface area contributed by atoms with E-state index in [1.807, 2.05) is 25.1 Å². The molecule has 4 aromatic heterocycles. The number of sulfonamides is 2. The van der Waals surface area contributed by atoms with Crippen LogP contribution < -0.4 is 4.72 Å². The molecule has 7 aromatic rings. The smallest absolute Gasteiger partial charge is 0.262 e. The van der Waals surface area contributed by atoms with Crippen molar-refractivity contribution in [1.29, 1.82) is 0 Å². The highest BCUT2D eigenvalue weighted by Gasteiger charge is 2.30. The number of benzene rings is 3. The highest BCUT2D eigenvalue weighted by Crippen LogP contribution is 2.30. The zero-order valence-corrected chi connectivity index (χ0v) is 29.6.